The maximum atomic E-state index is 12.1. The third-order valence-corrected chi connectivity index (χ3v) is 3.32. The van der Waals surface area contributed by atoms with Crippen molar-refractivity contribution in [1.29, 1.82) is 0 Å². The number of nitrogens with zero attached hydrogens (tertiary/aromatic N) is 1. The van der Waals surface area contributed by atoms with Gasteiger partial charge < -0.3 is 10.2 Å². The van der Waals surface area contributed by atoms with E-state index in [9.17, 15) is 9.59 Å². The summed E-state index contributed by atoms with van der Waals surface area (Å²) in [4.78, 5) is 25.1. The number of anilines is 1. The predicted octanol–water partition coefficient (Wildman–Crippen LogP) is 2.29. The molecule has 1 atom stereocenters. The van der Waals surface area contributed by atoms with Crippen molar-refractivity contribution < 1.29 is 9.59 Å². The Morgan fingerprint density at radius 2 is 2.00 bits per heavy atom. The van der Waals surface area contributed by atoms with Crippen LogP contribution >= 0.6 is 11.6 Å². The van der Waals surface area contributed by atoms with Gasteiger partial charge in [-0.2, -0.15) is 0 Å². The minimum atomic E-state index is -0.349. The summed E-state index contributed by atoms with van der Waals surface area (Å²) >= 11 is 5.77. The van der Waals surface area contributed by atoms with E-state index in [0.717, 1.165) is 12.8 Å². The Balaban J connectivity index is 2.03. The average Bonchev–Trinajstić information content (AvgIpc) is 2.81. The number of nitrogens with one attached hydrogen (secondary N) is 1. The maximum Gasteiger partial charge on any atom is 0.247 e. The molecular weight excluding hydrogens is 252 g/mol. The van der Waals surface area contributed by atoms with Gasteiger partial charge in [-0.3, -0.25) is 9.59 Å². The molecule has 2 amide bonds. The van der Waals surface area contributed by atoms with Crippen molar-refractivity contribution in [2.24, 2.45) is 0 Å². The van der Waals surface area contributed by atoms with E-state index < -0.39 is 0 Å². The highest BCUT2D eigenvalue weighted by Gasteiger charge is 2.32. The molecule has 1 aliphatic rings. The molecule has 1 heterocycles. The molecule has 0 bridgehead atoms. The summed E-state index contributed by atoms with van der Waals surface area (Å²) in [5, 5.41) is 3.43. The highest BCUT2D eigenvalue weighted by atomic mass is 35.5. The van der Waals surface area contributed by atoms with Crippen molar-refractivity contribution in [2.75, 3.05) is 11.9 Å². The Hall–Kier alpha value is -1.55. The molecule has 0 aliphatic carbocycles. The standard InChI is InChI=1S/C13H15ClN2O2/c1-9(17)16-8-2-3-12(16)13(18)15-11-6-4-10(14)5-7-11/h4-7,12H,2-3,8H2,1H3,(H,15,18)/t12-/m1/s1. The molecular formula is C13H15ClN2O2. The first kappa shape index (κ1) is 12.9. The summed E-state index contributed by atoms with van der Waals surface area (Å²) in [6, 6.07) is 6.57. The lowest BCUT2D eigenvalue weighted by Gasteiger charge is -2.22. The van der Waals surface area contributed by atoms with Gasteiger partial charge >= 0.3 is 0 Å². The molecule has 0 saturated carbocycles. The quantitative estimate of drug-likeness (QED) is 0.893. The van der Waals surface area contributed by atoms with Crippen LogP contribution in [0.2, 0.25) is 5.02 Å². The van der Waals surface area contributed by atoms with Crippen LogP contribution in [-0.2, 0) is 9.59 Å². The monoisotopic (exact) mass is 266 g/mol. The Kier molecular flexibility index (Phi) is 3.87. The van der Waals surface area contributed by atoms with Crippen LogP contribution < -0.4 is 5.32 Å². The summed E-state index contributed by atoms with van der Waals surface area (Å²) in [6.07, 6.45) is 1.59. The first-order chi connectivity index (χ1) is 8.58. The molecule has 1 fully saturated rings. The second kappa shape index (κ2) is 5.40. The zero-order chi connectivity index (χ0) is 13.1. The molecule has 0 spiro atoms. The van der Waals surface area contributed by atoms with Crippen LogP contribution in [0.5, 0.6) is 0 Å². The van der Waals surface area contributed by atoms with Crippen LogP contribution in [-0.4, -0.2) is 29.3 Å². The second-order valence-electron chi connectivity index (χ2n) is 4.37. The van der Waals surface area contributed by atoms with Crippen LogP contribution in [0, 0.1) is 0 Å². The van der Waals surface area contributed by atoms with Gasteiger partial charge in [-0.15, -0.1) is 0 Å². The molecule has 1 aromatic rings. The summed E-state index contributed by atoms with van der Waals surface area (Å²) in [6.45, 7) is 2.15. The molecule has 1 N–H and O–H groups in total. The van der Waals surface area contributed by atoms with Crippen molar-refractivity contribution in [3.63, 3.8) is 0 Å². The number of carbonyl (C=O) groups is 2. The maximum absolute atomic E-state index is 12.1. The highest BCUT2D eigenvalue weighted by Crippen LogP contribution is 2.20. The van der Waals surface area contributed by atoms with Gasteiger partial charge in [0.25, 0.3) is 0 Å². The van der Waals surface area contributed by atoms with Crippen LogP contribution in [0.15, 0.2) is 24.3 Å². The molecule has 96 valence electrons. The van der Waals surface area contributed by atoms with Gasteiger partial charge in [0, 0.05) is 24.2 Å². The van der Waals surface area contributed by atoms with E-state index in [1.807, 2.05) is 0 Å². The number of halogens is 1. The van der Waals surface area contributed by atoms with Gasteiger partial charge in [0.15, 0.2) is 0 Å². The molecule has 0 unspecified atom stereocenters. The molecule has 0 radical (unpaired) electrons. The molecule has 1 saturated heterocycles. The number of carbonyl (C=O) groups excluding carboxylic acids is 2. The van der Waals surface area contributed by atoms with Crippen LogP contribution in [0.4, 0.5) is 5.69 Å². The molecule has 0 aromatic heterocycles. The average molecular weight is 267 g/mol. The van der Waals surface area contributed by atoms with E-state index in [0.29, 0.717) is 17.3 Å². The topological polar surface area (TPSA) is 49.4 Å². The van der Waals surface area contributed by atoms with Gasteiger partial charge in [-0.25, -0.2) is 0 Å². The predicted molar refractivity (Wildman–Crippen MR) is 70.5 cm³/mol. The number of amides is 2. The summed E-state index contributed by atoms with van der Waals surface area (Å²) in [7, 11) is 0. The minimum absolute atomic E-state index is 0.0521. The molecule has 1 aliphatic heterocycles. The van der Waals surface area contributed by atoms with Crippen LogP contribution in [0.25, 0.3) is 0 Å². The molecule has 2 rings (SSSR count). The third kappa shape index (κ3) is 2.82. The van der Waals surface area contributed by atoms with Crippen molar-refractivity contribution in [2.45, 2.75) is 25.8 Å². The van der Waals surface area contributed by atoms with E-state index in [1.54, 1.807) is 29.2 Å². The Labute approximate surface area is 111 Å². The summed E-state index contributed by atoms with van der Waals surface area (Å²) in [5.41, 5.74) is 0.694. The SMILES string of the molecule is CC(=O)N1CCC[C@@H]1C(=O)Nc1ccc(Cl)cc1. The summed E-state index contributed by atoms with van der Waals surface area (Å²) in [5.74, 6) is -0.186. The molecule has 1 aromatic carbocycles. The fraction of sp³-hybridized carbons (Fsp3) is 0.385. The Morgan fingerprint density at radius 3 is 2.61 bits per heavy atom. The molecule has 5 heteroatoms. The van der Waals surface area contributed by atoms with E-state index in [2.05, 4.69) is 5.32 Å². The smallest absolute Gasteiger partial charge is 0.247 e. The first-order valence-electron chi connectivity index (χ1n) is 5.91. The summed E-state index contributed by atoms with van der Waals surface area (Å²) < 4.78 is 0. The van der Waals surface area contributed by atoms with Crippen LogP contribution in [0.3, 0.4) is 0 Å². The zero-order valence-corrected chi connectivity index (χ0v) is 10.9. The van der Waals surface area contributed by atoms with Gasteiger partial charge in [0.05, 0.1) is 0 Å². The lowest BCUT2D eigenvalue weighted by atomic mass is 10.2. The van der Waals surface area contributed by atoms with Gasteiger partial charge in [-0.05, 0) is 37.1 Å². The van der Waals surface area contributed by atoms with E-state index in [4.69, 9.17) is 11.6 Å². The lowest BCUT2D eigenvalue weighted by molar-refractivity contribution is -0.134. The van der Waals surface area contributed by atoms with Crippen molar-refractivity contribution in [1.82, 2.24) is 4.90 Å². The fourth-order valence-corrected chi connectivity index (χ4v) is 2.30. The van der Waals surface area contributed by atoms with Crippen molar-refractivity contribution >= 4 is 29.1 Å². The zero-order valence-electron chi connectivity index (χ0n) is 10.1. The van der Waals surface area contributed by atoms with E-state index in [-0.39, 0.29) is 17.9 Å². The van der Waals surface area contributed by atoms with E-state index in [1.165, 1.54) is 6.92 Å². The number of benzene rings is 1. The van der Waals surface area contributed by atoms with Gasteiger partial charge in [0.2, 0.25) is 11.8 Å². The second-order valence-corrected chi connectivity index (χ2v) is 4.80. The van der Waals surface area contributed by atoms with Gasteiger partial charge in [-0.1, -0.05) is 11.6 Å². The Bertz CT molecular complexity index is 459. The van der Waals surface area contributed by atoms with Crippen molar-refractivity contribution in [3.05, 3.63) is 29.3 Å². The number of rotatable bonds is 2. The normalized spacial score (nSPS) is 18.8. The first-order valence-corrected chi connectivity index (χ1v) is 6.29. The number of likely N-dealkylation sites (tertiary alicyclic amines) is 1. The molecule has 18 heavy (non-hydrogen) atoms. The fourth-order valence-electron chi connectivity index (χ4n) is 2.17. The number of hydrogen-bond acceptors (Lipinski definition) is 2. The third-order valence-electron chi connectivity index (χ3n) is 3.07. The molecule has 4 nitrogen and oxygen atoms in total. The lowest BCUT2D eigenvalue weighted by Crippen LogP contribution is -2.42. The highest BCUT2D eigenvalue weighted by molar-refractivity contribution is 6.30. The van der Waals surface area contributed by atoms with Gasteiger partial charge in [0.1, 0.15) is 6.04 Å². The largest absolute Gasteiger partial charge is 0.331 e. The number of hydrogen-bond donors (Lipinski definition) is 1. The minimum Gasteiger partial charge on any atom is -0.331 e. The van der Waals surface area contributed by atoms with E-state index >= 15 is 0 Å². The van der Waals surface area contributed by atoms with Crippen LogP contribution in [0.1, 0.15) is 19.8 Å². The van der Waals surface area contributed by atoms with Crippen molar-refractivity contribution in [3.8, 4) is 0 Å². The Morgan fingerprint density at radius 1 is 1.33 bits per heavy atom.